The number of amides is 1. The van der Waals surface area contributed by atoms with Gasteiger partial charge in [-0.1, -0.05) is 5.16 Å². The molecule has 0 fully saturated rings. The second kappa shape index (κ2) is 7.61. The molecule has 0 spiro atoms. The maximum absolute atomic E-state index is 13.4. The van der Waals surface area contributed by atoms with Crippen LogP contribution < -0.4 is 4.74 Å². The Morgan fingerprint density at radius 1 is 1.43 bits per heavy atom. The highest BCUT2D eigenvalue weighted by atomic mass is 19.1. The fourth-order valence-corrected chi connectivity index (χ4v) is 1.98. The molecule has 1 rings (SSSR count). The SMILES string of the molecule is CCN(CC)C(=O)C(C)Oc1cc(F)ccc1C(C)=NO. The van der Waals surface area contributed by atoms with Crippen molar-refractivity contribution in [3.05, 3.63) is 29.6 Å². The van der Waals surface area contributed by atoms with Crippen LogP contribution in [0.2, 0.25) is 0 Å². The Balaban J connectivity index is 3.01. The van der Waals surface area contributed by atoms with Gasteiger partial charge in [0.2, 0.25) is 0 Å². The number of nitrogens with zero attached hydrogens (tertiary/aromatic N) is 2. The number of hydrogen-bond donors (Lipinski definition) is 1. The fourth-order valence-electron chi connectivity index (χ4n) is 1.98. The van der Waals surface area contributed by atoms with Crippen molar-refractivity contribution in [2.75, 3.05) is 13.1 Å². The summed E-state index contributed by atoms with van der Waals surface area (Å²) in [5.74, 6) is -0.478. The van der Waals surface area contributed by atoms with Crippen LogP contribution in [-0.4, -0.2) is 40.9 Å². The van der Waals surface area contributed by atoms with Gasteiger partial charge in [-0.2, -0.15) is 0 Å². The van der Waals surface area contributed by atoms with Crippen LogP contribution in [-0.2, 0) is 4.79 Å². The summed E-state index contributed by atoms with van der Waals surface area (Å²) in [6.45, 7) is 8.10. The van der Waals surface area contributed by atoms with Crippen molar-refractivity contribution in [1.82, 2.24) is 4.90 Å². The van der Waals surface area contributed by atoms with Crippen molar-refractivity contribution in [3.8, 4) is 5.75 Å². The largest absolute Gasteiger partial charge is 0.480 e. The molecule has 1 aromatic carbocycles. The first-order chi connectivity index (χ1) is 9.94. The van der Waals surface area contributed by atoms with Gasteiger partial charge in [0.25, 0.3) is 5.91 Å². The first-order valence-corrected chi connectivity index (χ1v) is 6.88. The maximum atomic E-state index is 13.4. The van der Waals surface area contributed by atoms with Gasteiger partial charge in [0.15, 0.2) is 6.10 Å². The first-order valence-electron chi connectivity index (χ1n) is 6.88. The average molecular weight is 296 g/mol. The van der Waals surface area contributed by atoms with Crippen molar-refractivity contribution in [2.45, 2.75) is 33.8 Å². The van der Waals surface area contributed by atoms with Crippen molar-refractivity contribution < 1.29 is 19.1 Å². The third kappa shape index (κ3) is 4.18. The lowest BCUT2D eigenvalue weighted by Crippen LogP contribution is -2.40. The highest BCUT2D eigenvalue weighted by molar-refractivity contribution is 6.00. The number of benzene rings is 1. The molecule has 1 N–H and O–H groups in total. The number of carbonyl (C=O) groups excluding carboxylic acids is 1. The van der Waals surface area contributed by atoms with E-state index in [0.29, 0.717) is 18.7 Å². The lowest BCUT2D eigenvalue weighted by atomic mass is 10.1. The fraction of sp³-hybridized carbons (Fsp3) is 0.467. The summed E-state index contributed by atoms with van der Waals surface area (Å²) in [7, 11) is 0. The van der Waals surface area contributed by atoms with E-state index in [4.69, 9.17) is 9.94 Å². The summed E-state index contributed by atoms with van der Waals surface area (Å²) >= 11 is 0. The molecule has 0 aliphatic rings. The second-order valence-electron chi connectivity index (χ2n) is 4.60. The third-order valence-electron chi connectivity index (χ3n) is 3.21. The number of rotatable bonds is 6. The van der Waals surface area contributed by atoms with Crippen molar-refractivity contribution in [3.63, 3.8) is 0 Å². The molecular formula is C15H21FN2O3. The Hall–Kier alpha value is -2.11. The molecule has 1 aromatic rings. The average Bonchev–Trinajstić information content (AvgIpc) is 2.47. The van der Waals surface area contributed by atoms with E-state index in [1.165, 1.54) is 18.2 Å². The highest BCUT2D eigenvalue weighted by Gasteiger charge is 2.21. The van der Waals surface area contributed by atoms with Crippen LogP contribution in [0.4, 0.5) is 4.39 Å². The third-order valence-corrected chi connectivity index (χ3v) is 3.21. The van der Waals surface area contributed by atoms with Crippen LogP contribution >= 0.6 is 0 Å². The monoisotopic (exact) mass is 296 g/mol. The van der Waals surface area contributed by atoms with Gasteiger partial charge in [0.05, 0.1) is 5.71 Å². The lowest BCUT2D eigenvalue weighted by Gasteiger charge is -2.24. The van der Waals surface area contributed by atoms with Crippen LogP contribution in [0.15, 0.2) is 23.4 Å². The number of likely N-dealkylation sites (N-methyl/N-ethyl adjacent to an activating group) is 1. The standard InChI is InChI=1S/C15H21FN2O3/c1-5-18(6-2)15(19)11(4)21-14-9-12(16)7-8-13(14)10(3)17-20/h7-9,11,20H,5-6H2,1-4H3. The highest BCUT2D eigenvalue weighted by Crippen LogP contribution is 2.22. The van der Waals surface area contributed by atoms with E-state index in [9.17, 15) is 9.18 Å². The van der Waals surface area contributed by atoms with Gasteiger partial charge in [-0.25, -0.2) is 4.39 Å². The summed E-state index contributed by atoms with van der Waals surface area (Å²) in [6, 6.07) is 3.87. The smallest absolute Gasteiger partial charge is 0.263 e. The van der Waals surface area contributed by atoms with E-state index < -0.39 is 11.9 Å². The van der Waals surface area contributed by atoms with Crippen LogP contribution in [0.5, 0.6) is 5.75 Å². The maximum Gasteiger partial charge on any atom is 0.263 e. The van der Waals surface area contributed by atoms with Crippen LogP contribution in [0.1, 0.15) is 33.3 Å². The Kier molecular flexibility index (Phi) is 6.14. The van der Waals surface area contributed by atoms with Gasteiger partial charge in [0, 0.05) is 24.7 Å². The molecule has 1 unspecified atom stereocenters. The molecule has 21 heavy (non-hydrogen) atoms. The molecule has 0 aromatic heterocycles. The van der Waals surface area contributed by atoms with Gasteiger partial charge in [-0.05, 0) is 39.8 Å². The summed E-state index contributed by atoms with van der Waals surface area (Å²) in [6.07, 6.45) is -0.753. The van der Waals surface area contributed by atoms with E-state index >= 15 is 0 Å². The number of carbonyl (C=O) groups is 1. The van der Waals surface area contributed by atoms with Crippen LogP contribution in [0.25, 0.3) is 0 Å². The minimum Gasteiger partial charge on any atom is -0.480 e. The van der Waals surface area contributed by atoms with E-state index in [2.05, 4.69) is 5.16 Å². The summed E-state index contributed by atoms with van der Waals surface area (Å²) in [5.41, 5.74) is 0.727. The molecule has 0 radical (unpaired) electrons. The molecule has 0 bridgehead atoms. The summed E-state index contributed by atoms with van der Waals surface area (Å²) < 4.78 is 19.0. The van der Waals surface area contributed by atoms with Crippen LogP contribution in [0.3, 0.4) is 0 Å². The molecule has 1 atom stereocenters. The lowest BCUT2D eigenvalue weighted by molar-refractivity contribution is -0.137. The van der Waals surface area contributed by atoms with E-state index in [1.54, 1.807) is 18.7 Å². The van der Waals surface area contributed by atoms with E-state index in [-0.39, 0.29) is 17.4 Å². The Bertz CT molecular complexity index is 528. The molecule has 6 heteroatoms. The molecule has 5 nitrogen and oxygen atoms in total. The molecule has 0 saturated heterocycles. The molecule has 0 saturated carbocycles. The Morgan fingerprint density at radius 2 is 2.05 bits per heavy atom. The first kappa shape index (κ1) is 16.9. The van der Waals surface area contributed by atoms with Gasteiger partial charge in [-0.15, -0.1) is 0 Å². The molecule has 0 heterocycles. The zero-order valence-electron chi connectivity index (χ0n) is 12.8. The normalized spacial score (nSPS) is 12.9. The Morgan fingerprint density at radius 3 is 2.57 bits per heavy atom. The predicted octanol–water partition coefficient (Wildman–Crippen LogP) is 2.66. The van der Waals surface area contributed by atoms with E-state index in [0.717, 1.165) is 0 Å². The zero-order chi connectivity index (χ0) is 16.0. The minimum atomic E-state index is -0.753. The van der Waals surface area contributed by atoms with Crippen molar-refractivity contribution in [1.29, 1.82) is 0 Å². The number of ether oxygens (including phenoxy) is 1. The molecule has 116 valence electrons. The molecule has 0 aliphatic carbocycles. The minimum absolute atomic E-state index is 0.172. The van der Waals surface area contributed by atoms with Gasteiger partial charge < -0.3 is 14.8 Å². The zero-order valence-corrected chi connectivity index (χ0v) is 12.8. The van der Waals surface area contributed by atoms with Gasteiger partial charge >= 0.3 is 0 Å². The van der Waals surface area contributed by atoms with Crippen LogP contribution in [0, 0.1) is 5.82 Å². The Labute approximate surface area is 124 Å². The predicted molar refractivity (Wildman–Crippen MR) is 78.4 cm³/mol. The summed E-state index contributed by atoms with van der Waals surface area (Å²) in [4.78, 5) is 13.8. The number of halogens is 1. The molecule has 1 amide bonds. The second-order valence-corrected chi connectivity index (χ2v) is 4.60. The van der Waals surface area contributed by atoms with Gasteiger partial charge in [-0.3, -0.25) is 4.79 Å². The summed E-state index contributed by atoms with van der Waals surface area (Å²) in [5, 5.41) is 11.9. The van der Waals surface area contributed by atoms with Crippen molar-refractivity contribution >= 4 is 11.6 Å². The van der Waals surface area contributed by atoms with Gasteiger partial charge in [0.1, 0.15) is 11.6 Å². The quantitative estimate of drug-likeness (QED) is 0.499. The van der Waals surface area contributed by atoms with E-state index in [1.807, 2.05) is 13.8 Å². The topological polar surface area (TPSA) is 62.1 Å². The number of oxime groups is 1. The molecule has 0 aliphatic heterocycles. The molecular weight excluding hydrogens is 275 g/mol. The number of hydrogen-bond acceptors (Lipinski definition) is 4. The van der Waals surface area contributed by atoms with Crippen molar-refractivity contribution in [2.24, 2.45) is 5.16 Å².